The van der Waals surface area contributed by atoms with Gasteiger partial charge in [0.05, 0.1) is 30.8 Å². The van der Waals surface area contributed by atoms with Crippen LogP contribution >= 0.6 is 8.53 Å². The molecule has 276 valence electrons. The average molecular weight is 728 g/mol. The number of benzene rings is 3. The number of fused-ring (bicyclic) bond motifs is 6. The van der Waals surface area contributed by atoms with Gasteiger partial charge in [-0.2, -0.15) is 5.26 Å². The van der Waals surface area contributed by atoms with Crippen molar-refractivity contribution in [3.8, 4) is 17.6 Å². The summed E-state index contributed by atoms with van der Waals surface area (Å²) >= 11 is 0. The Morgan fingerprint density at radius 3 is 2.02 bits per heavy atom. The van der Waals surface area contributed by atoms with Crippen molar-refractivity contribution in [2.45, 2.75) is 89.6 Å². The molecule has 1 N–H and O–H groups in total. The molecule has 52 heavy (non-hydrogen) atoms. The number of carbonyl (C=O) groups excluding carboxylic acids is 2. The lowest BCUT2D eigenvalue weighted by Crippen LogP contribution is -2.40. The number of rotatable bonds is 12. The molecule has 2 aliphatic heterocycles. The molecule has 0 radical (unpaired) electrons. The van der Waals surface area contributed by atoms with E-state index in [4.69, 9.17) is 23.8 Å². The van der Waals surface area contributed by atoms with Crippen LogP contribution in [0, 0.1) is 11.3 Å². The van der Waals surface area contributed by atoms with Crippen molar-refractivity contribution < 1.29 is 28.1 Å². The zero-order valence-corrected chi connectivity index (χ0v) is 32.3. The zero-order valence-electron chi connectivity index (χ0n) is 31.4. The Balaban J connectivity index is 1.20. The zero-order chi connectivity index (χ0) is 37.3. The summed E-state index contributed by atoms with van der Waals surface area (Å²) in [5, 5.41) is 12.2. The van der Waals surface area contributed by atoms with Crippen LogP contribution in [0.5, 0.6) is 11.5 Å². The van der Waals surface area contributed by atoms with Gasteiger partial charge in [0.2, 0.25) is 0 Å². The van der Waals surface area contributed by atoms with Crippen LogP contribution in [-0.2, 0) is 19.4 Å². The largest absolute Gasteiger partial charge is 0.456 e. The highest BCUT2D eigenvalue weighted by Gasteiger charge is 2.54. The minimum Gasteiger partial charge on any atom is -0.456 e. The number of esters is 1. The second kappa shape index (κ2) is 15.4. The molecule has 6 rings (SSSR count). The number of anilines is 2. The third-order valence-corrected chi connectivity index (χ3v) is 12.2. The number of carbonyl (C=O) groups is 2. The van der Waals surface area contributed by atoms with Crippen molar-refractivity contribution in [3.05, 3.63) is 82.4 Å². The predicted molar refractivity (Wildman–Crippen MR) is 203 cm³/mol. The normalized spacial score (nSPS) is 19.0. The molecule has 1 saturated carbocycles. The van der Waals surface area contributed by atoms with E-state index in [0.717, 1.165) is 48.2 Å². The summed E-state index contributed by atoms with van der Waals surface area (Å²) in [5.41, 5.74) is 3.60. The number of amides is 1. The van der Waals surface area contributed by atoms with Crippen LogP contribution in [0.3, 0.4) is 0 Å². The quantitative estimate of drug-likeness (QED) is 0.113. The minimum atomic E-state index is -1.32. The second-order valence-corrected chi connectivity index (χ2v) is 16.1. The van der Waals surface area contributed by atoms with Gasteiger partial charge in [-0.25, -0.2) is 9.46 Å². The van der Waals surface area contributed by atoms with Crippen LogP contribution in [-0.4, -0.2) is 75.6 Å². The Hall–Kier alpha value is -4.20. The molecule has 3 aromatic carbocycles. The molecule has 0 saturated heterocycles. The highest BCUT2D eigenvalue weighted by molar-refractivity contribution is 7.44. The van der Waals surface area contributed by atoms with Gasteiger partial charge in [0.15, 0.2) is 5.60 Å². The van der Waals surface area contributed by atoms with E-state index >= 15 is 0 Å². The summed E-state index contributed by atoms with van der Waals surface area (Å²) in [4.78, 5) is 31.4. The highest BCUT2D eigenvalue weighted by atomic mass is 31.2. The van der Waals surface area contributed by atoms with E-state index in [2.05, 4.69) is 43.8 Å². The number of hydrogen-bond donors (Lipinski definition) is 1. The Morgan fingerprint density at radius 2 is 1.48 bits per heavy atom. The van der Waals surface area contributed by atoms with E-state index in [1.165, 1.54) is 0 Å². The van der Waals surface area contributed by atoms with Gasteiger partial charge in [-0.1, -0.05) is 6.07 Å². The first-order chi connectivity index (χ1) is 24.8. The predicted octanol–water partition coefficient (Wildman–Crippen LogP) is 7.72. The molecule has 1 fully saturated rings. The molecular weight excluding hydrogens is 677 g/mol. The van der Waals surface area contributed by atoms with Crippen molar-refractivity contribution in [2.75, 3.05) is 44.6 Å². The number of nitriles is 1. The molecule has 1 unspecified atom stereocenters. The second-order valence-electron chi connectivity index (χ2n) is 14.7. The van der Waals surface area contributed by atoms with Crippen molar-refractivity contribution >= 4 is 31.8 Å². The van der Waals surface area contributed by atoms with E-state index < -0.39 is 20.1 Å². The SMILES string of the molecule is CC(C)N(C(C)C)P(OCCC#N)OC1CCC(NC(=O)c2ccc3c(c2)C(=O)OC32c3ccc(N(C)C)cc3Oc3cc(N(C)C)ccc32)CC1. The standard InChI is InChI=1S/C40H50N5O6P/c1-25(2)45(26(3)4)52(48-21-9-20-41)51-31-15-11-28(12-16-31)42-38(46)27-10-17-33-32(22-27)39(47)50-40(33)34-18-13-29(43(5)6)23-36(34)49-37-24-30(44(7)8)14-19-35(37)40/h10,13-14,17-19,22-26,28,31H,9,11-12,15-16,21H2,1-8H3,(H,42,46). The van der Waals surface area contributed by atoms with Crippen LogP contribution in [0.2, 0.25) is 0 Å². The summed E-state index contributed by atoms with van der Waals surface area (Å²) in [7, 11) is 6.55. The topological polar surface area (TPSA) is 117 Å². The van der Waals surface area contributed by atoms with Gasteiger partial charge in [0, 0.05) is 92.1 Å². The van der Waals surface area contributed by atoms with Gasteiger partial charge in [-0.15, -0.1) is 0 Å². The molecule has 3 aromatic rings. The lowest BCUT2D eigenvalue weighted by Gasteiger charge is -2.38. The molecule has 2 heterocycles. The van der Waals surface area contributed by atoms with E-state index in [0.29, 0.717) is 41.2 Å². The maximum absolute atomic E-state index is 13.8. The maximum Gasteiger partial charge on any atom is 0.340 e. The first-order valence-electron chi connectivity index (χ1n) is 18.1. The fourth-order valence-corrected chi connectivity index (χ4v) is 9.18. The molecule has 11 nitrogen and oxygen atoms in total. The van der Waals surface area contributed by atoms with E-state index in [-0.39, 0.29) is 30.1 Å². The third-order valence-electron chi connectivity index (χ3n) is 9.98. The first-order valence-corrected chi connectivity index (χ1v) is 19.2. The average Bonchev–Trinajstić information content (AvgIpc) is 3.39. The number of hydrogen-bond acceptors (Lipinski definition) is 10. The van der Waals surface area contributed by atoms with Gasteiger partial charge >= 0.3 is 5.97 Å². The summed E-state index contributed by atoms with van der Waals surface area (Å²) in [6.45, 7) is 8.84. The lowest BCUT2D eigenvalue weighted by molar-refractivity contribution is 0.0224. The Morgan fingerprint density at radius 1 is 0.904 bits per heavy atom. The van der Waals surface area contributed by atoms with Gasteiger partial charge in [-0.3, -0.25) is 4.79 Å². The molecule has 1 amide bonds. The Kier molecular flexibility index (Phi) is 11.1. The lowest BCUT2D eigenvalue weighted by atomic mass is 9.77. The molecule has 12 heteroatoms. The van der Waals surface area contributed by atoms with Crippen molar-refractivity contribution in [1.82, 2.24) is 9.99 Å². The minimum absolute atomic E-state index is 0.000130. The van der Waals surface area contributed by atoms with Crippen molar-refractivity contribution in [2.24, 2.45) is 0 Å². The van der Waals surface area contributed by atoms with Crippen LogP contribution in [0.25, 0.3) is 0 Å². The molecule has 0 bridgehead atoms. The van der Waals surface area contributed by atoms with Crippen molar-refractivity contribution in [1.29, 1.82) is 5.26 Å². The van der Waals surface area contributed by atoms with Gasteiger partial charge in [0.25, 0.3) is 14.4 Å². The van der Waals surface area contributed by atoms with Gasteiger partial charge in [0.1, 0.15) is 11.5 Å². The molecule has 1 spiro atoms. The molecule has 0 aromatic heterocycles. The van der Waals surface area contributed by atoms with Crippen LogP contribution in [0.15, 0.2) is 54.6 Å². The van der Waals surface area contributed by atoms with Crippen LogP contribution < -0.4 is 19.9 Å². The number of nitrogens with one attached hydrogen (secondary N) is 1. The monoisotopic (exact) mass is 727 g/mol. The Labute approximate surface area is 308 Å². The van der Waals surface area contributed by atoms with Gasteiger partial charge < -0.3 is 33.6 Å². The number of ether oxygens (including phenoxy) is 2. The molecule has 1 atom stereocenters. The summed E-state index contributed by atoms with van der Waals surface area (Å²) < 4.78 is 27.8. The fourth-order valence-electron chi connectivity index (χ4n) is 7.41. The van der Waals surface area contributed by atoms with Gasteiger partial charge in [-0.05, 0) is 89.8 Å². The maximum atomic E-state index is 13.8. The summed E-state index contributed by atoms with van der Waals surface area (Å²) in [6.07, 6.45) is 3.39. The van der Waals surface area contributed by atoms with Crippen LogP contribution in [0.4, 0.5) is 11.4 Å². The highest BCUT2D eigenvalue weighted by Crippen LogP contribution is 2.57. The van der Waals surface area contributed by atoms with Crippen molar-refractivity contribution in [3.63, 3.8) is 0 Å². The van der Waals surface area contributed by atoms with E-state index in [1.807, 2.05) is 80.5 Å². The Bertz CT molecular complexity index is 1780. The third kappa shape index (κ3) is 7.22. The fraction of sp³-hybridized carbons (Fsp3) is 0.475. The molecule has 1 aliphatic carbocycles. The molecule has 3 aliphatic rings. The first kappa shape index (κ1) is 37.6. The van der Waals surface area contributed by atoms with E-state index in [1.54, 1.807) is 12.1 Å². The summed E-state index contributed by atoms with van der Waals surface area (Å²) in [6, 6.07) is 19.7. The molecular formula is C40H50N5O6P. The van der Waals surface area contributed by atoms with E-state index in [9.17, 15) is 9.59 Å². The number of nitrogens with zero attached hydrogens (tertiary/aromatic N) is 4. The summed E-state index contributed by atoms with van der Waals surface area (Å²) in [5.74, 6) is 0.505. The van der Waals surface area contributed by atoms with Crippen LogP contribution in [0.1, 0.15) is 97.2 Å². The smallest absolute Gasteiger partial charge is 0.340 e.